The molecule has 25 heavy (non-hydrogen) atoms. The molecule has 130 valence electrons. The van der Waals surface area contributed by atoms with Crippen molar-refractivity contribution in [3.63, 3.8) is 0 Å². The molecule has 0 aliphatic carbocycles. The first-order chi connectivity index (χ1) is 11.9. The Hall–Kier alpha value is -2.48. The third-order valence-corrected chi connectivity index (χ3v) is 4.11. The number of benzene rings is 2. The second-order valence-corrected chi connectivity index (χ2v) is 6.15. The second kappa shape index (κ2) is 7.18. The van der Waals surface area contributed by atoms with Crippen LogP contribution in [0.4, 0.5) is 13.2 Å². The minimum atomic E-state index is -4.69. The Morgan fingerprint density at radius 1 is 1.00 bits per heavy atom. The van der Waals surface area contributed by atoms with Gasteiger partial charge in [-0.3, -0.25) is 0 Å². The van der Waals surface area contributed by atoms with Gasteiger partial charge < -0.3 is 9.15 Å². The summed E-state index contributed by atoms with van der Waals surface area (Å²) in [6.45, 7) is 1.99. The molecule has 0 aliphatic rings. The summed E-state index contributed by atoms with van der Waals surface area (Å²) in [4.78, 5) is 0. The van der Waals surface area contributed by atoms with Crippen molar-refractivity contribution in [2.75, 3.05) is 0 Å². The summed E-state index contributed by atoms with van der Waals surface area (Å²) < 4.78 is 45.8. The fraction of sp³-hybridized carbons (Fsp3) is 0.176. The highest BCUT2D eigenvalue weighted by Crippen LogP contribution is 2.27. The van der Waals surface area contributed by atoms with E-state index in [1.807, 2.05) is 31.2 Å². The number of alkyl halides is 3. The average Bonchev–Trinajstić information content (AvgIpc) is 3.02. The van der Waals surface area contributed by atoms with Crippen LogP contribution in [0.5, 0.6) is 5.75 Å². The van der Waals surface area contributed by atoms with Gasteiger partial charge in [-0.1, -0.05) is 41.6 Å². The van der Waals surface area contributed by atoms with Crippen LogP contribution < -0.4 is 4.74 Å². The van der Waals surface area contributed by atoms with Crippen LogP contribution in [0.15, 0.2) is 58.2 Å². The Morgan fingerprint density at radius 2 is 1.68 bits per heavy atom. The molecule has 0 saturated heterocycles. The zero-order chi connectivity index (χ0) is 17.9. The van der Waals surface area contributed by atoms with Crippen LogP contribution in [0, 0.1) is 6.92 Å². The highest BCUT2D eigenvalue weighted by molar-refractivity contribution is 7.98. The molecule has 0 unspecified atom stereocenters. The van der Waals surface area contributed by atoms with Crippen molar-refractivity contribution in [1.82, 2.24) is 10.2 Å². The number of halogens is 3. The lowest BCUT2D eigenvalue weighted by molar-refractivity contribution is -0.274. The summed E-state index contributed by atoms with van der Waals surface area (Å²) in [5, 5.41) is 8.36. The summed E-state index contributed by atoms with van der Waals surface area (Å²) in [6.07, 6.45) is -4.69. The van der Waals surface area contributed by atoms with E-state index in [1.54, 1.807) is 12.1 Å². The van der Waals surface area contributed by atoms with Crippen LogP contribution in [0.25, 0.3) is 11.5 Å². The summed E-state index contributed by atoms with van der Waals surface area (Å²) in [5.74, 6) is 0.666. The van der Waals surface area contributed by atoms with Crippen molar-refractivity contribution >= 4 is 11.8 Å². The summed E-state index contributed by atoms with van der Waals surface area (Å²) in [6, 6.07) is 13.4. The van der Waals surface area contributed by atoms with Gasteiger partial charge in [0.1, 0.15) is 5.75 Å². The van der Waals surface area contributed by atoms with E-state index >= 15 is 0 Å². The number of rotatable bonds is 5. The molecule has 0 amide bonds. The molecular formula is C17H13F3N2O2S. The lowest BCUT2D eigenvalue weighted by atomic mass is 10.1. The standard InChI is InChI=1S/C17H13F3N2O2S/c1-11-2-6-13(7-3-11)15-21-22-16(23-15)25-10-12-4-8-14(9-5-12)24-17(18,19)20/h2-9H,10H2,1H3. The number of aromatic nitrogens is 2. The number of hydrogen-bond acceptors (Lipinski definition) is 5. The molecular weight excluding hydrogens is 353 g/mol. The maximum atomic E-state index is 12.1. The molecule has 3 rings (SSSR count). The first-order valence-electron chi connectivity index (χ1n) is 7.27. The van der Waals surface area contributed by atoms with Gasteiger partial charge in [0.05, 0.1) is 0 Å². The molecule has 0 radical (unpaired) electrons. The van der Waals surface area contributed by atoms with Gasteiger partial charge in [0.25, 0.3) is 5.22 Å². The van der Waals surface area contributed by atoms with E-state index in [2.05, 4.69) is 14.9 Å². The maximum Gasteiger partial charge on any atom is 0.573 e. The van der Waals surface area contributed by atoms with E-state index in [0.29, 0.717) is 16.9 Å². The molecule has 0 atom stereocenters. The number of ether oxygens (including phenoxy) is 1. The number of aryl methyl sites for hydroxylation is 1. The van der Waals surface area contributed by atoms with Crippen LogP contribution in [-0.2, 0) is 5.75 Å². The molecule has 8 heteroatoms. The van der Waals surface area contributed by atoms with Gasteiger partial charge in [0.15, 0.2) is 0 Å². The molecule has 0 saturated carbocycles. The number of nitrogens with zero attached hydrogens (tertiary/aromatic N) is 2. The quantitative estimate of drug-likeness (QED) is 0.578. The van der Waals surface area contributed by atoms with Gasteiger partial charge in [-0.2, -0.15) is 0 Å². The molecule has 3 aromatic rings. The SMILES string of the molecule is Cc1ccc(-c2nnc(SCc3ccc(OC(F)(F)F)cc3)o2)cc1. The van der Waals surface area contributed by atoms with Crippen LogP contribution >= 0.6 is 11.8 Å². The average molecular weight is 366 g/mol. The Morgan fingerprint density at radius 3 is 2.32 bits per heavy atom. The summed E-state index contributed by atoms with van der Waals surface area (Å²) in [5.41, 5.74) is 2.78. The van der Waals surface area contributed by atoms with Gasteiger partial charge in [0, 0.05) is 11.3 Å². The molecule has 1 aromatic heterocycles. The monoisotopic (exact) mass is 366 g/mol. The van der Waals surface area contributed by atoms with Crippen molar-refractivity contribution in [2.45, 2.75) is 24.3 Å². The van der Waals surface area contributed by atoms with Gasteiger partial charge in [-0.15, -0.1) is 23.4 Å². The smallest absolute Gasteiger partial charge is 0.411 e. The first kappa shape index (κ1) is 17.3. The lowest BCUT2D eigenvalue weighted by Gasteiger charge is -2.08. The minimum absolute atomic E-state index is 0.249. The minimum Gasteiger partial charge on any atom is -0.411 e. The number of hydrogen-bond donors (Lipinski definition) is 0. The molecule has 0 aliphatic heterocycles. The normalized spacial score (nSPS) is 11.5. The van der Waals surface area contributed by atoms with Crippen molar-refractivity contribution in [2.24, 2.45) is 0 Å². The molecule has 0 fully saturated rings. The van der Waals surface area contributed by atoms with Crippen LogP contribution in [0.1, 0.15) is 11.1 Å². The Labute approximate surface area is 146 Å². The number of thioether (sulfide) groups is 1. The van der Waals surface area contributed by atoms with Crippen LogP contribution in [-0.4, -0.2) is 16.6 Å². The summed E-state index contributed by atoms with van der Waals surface area (Å²) in [7, 11) is 0. The Kier molecular flexibility index (Phi) is 4.98. The molecule has 0 N–H and O–H groups in total. The van der Waals surface area contributed by atoms with E-state index in [4.69, 9.17) is 4.42 Å². The third-order valence-electron chi connectivity index (χ3n) is 3.22. The fourth-order valence-corrected chi connectivity index (χ4v) is 2.73. The van der Waals surface area contributed by atoms with E-state index in [-0.39, 0.29) is 5.75 Å². The first-order valence-corrected chi connectivity index (χ1v) is 8.26. The predicted octanol–water partition coefficient (Wildman–Crippen LogP) is 5.24. The fourth-order valence-electron chi connectivity index (χ4n) is 2.01. The molecule has 4 nitrogen and oxygen atoms in total. The van der Waals surface area contributed by atoms with Gasteiger partial charge in [0.2, 0.25) is 5.89 Å². The maximum absolute atomic E-state index is 12.1. The van der Waals surface area contributed by atoms with Gasteiger partial charge in [-0.25, -0.2) is 0 Å². The molecule has 0 bridgehead atoms. The van der Waals surface area contributed by atoms with Crippen molar-refractivity contribution in [1.29, 1.82) is 0 Å². The van der Waals surface area contributed by atoms with E-state index in [0.717, 1.165) is 16.7 Å². The molecule has 0 spiro atoms. The van der Waals surface area contributed by atoms with Crippen molar-refractivity contribution in [3.05, 3.63) is 59.7 Å². The van der Waals surface area contributed by atoms with Crippen molar-refractivity contribution in [3.8, 4) is 17.2 Å². The van der Waals surface area contributed by atoms with E-state index in [1.165, 1.54) is 23.9 Å². The zero-order valence-corrected chi connectivity index (χ0v) is 13.9. The van der Waals surface area contributed by atoms with E-state index < -0.39 is 6.36 Å². The largest absolute Gasteiger partial charge is 0.573 e. The van der Waals surface area contributed by atoms with Crippen LogP contribution in [0.2, 0.25) is 0 Å². The molecule has 2 aromatic carbocycles. The zero-order valence-electron chi connectivity index (χ0n) is 13.1. The van der Waals surface area contributed by atoms with Gasteiger partial charge in [-0.05, 0) is 36.8 Å². The predicted molar refractivity (Wildman–Crippen MR) is 87.2 cm³/mol. The van der Waals surface area contributed by atoms with Gasteiger partial charge >= 0.3 is 6.36 Å². The highest BCUT2D eigenvalue weighted by atomic mass is 32.2. The second-order valence-electron chi connectivity index (χ2n) is 5.22. The Bertz CT molecular complexity index is 830. The van der Waals surface area contributed by atoms with Crippen molar-refractivity contribution < 1.29 is 22.3 Å². The van der Waals surface area contributed by atoms with E-state index in [9.17, 15) is 13.2 Å². The summed E-state index contributed by atoms with van der Waals surface area (Å²) >= 11 is 1.31. The molecule has 1 heterocycles. The van der Waals surface area contributed by atoms with Crippen LogP contribution in [0.3, 0.4) is 0 Å². The third kappa shape index (κ3) is 4.99. The highest BCUT2D eigenvalue weighted by Gasteiger charge is 2.30. The lowest BCUT2D eigenvalue weighted by Crippen LogP contribution is -2.16. The topological polar surface area (TPSA) is 48.2 Å². The Balaban J connectivity index is 1.59.